The second-order valence-corrected chi connectivity index (χ2v) is 4.99. The monoisotopic (exact) mass is 299 g/mol. The minimum Gasteiger partial charge on any atom is -0.279 e. The Kier molecular flexibility index (Phi) is 3.40. The lowest BCUT2D eigenvalue weighted by atomic mass is 10.2. The van der Waals surface area contributed by atoms with E-state index in [1.54, 1.807) is 10.7 Å². The number of hydrogen-bond acceptors (Lipinski definition) is 3. The fraction of sp³-hybridized carbons (Fsp3) is 0.267. The van der Waals surface area contributed by atoms with Crippen LogP contribution in [-0.2, 0) is 19.3 Å². The zero-order valence-electron chi connectivity index (χ0n) is 11.8. The van der Waals surface area contributed by atoms with Crippen LogP contribution in [0.3, 0.4) is 0 Å². The van der Waals surface area contributed by atoms with E-state index in [0.29, 0.717) is 5.56 Å². The first-order chi connectivity index (χ1) is 10.2. The molecule has 0 bridgehead atoms. The summed E-state index contributed by atoms with van der Waals surface area (Å²) >= 11 is 6.06. The predicted molar refractivity (Wildman–Crippen MR) is 81.5 cm³/mol. The molecule has 1 aromatic carbocycles. The SMILES string of the molecule is CCc1nn(C)c2c1nc(CCl)n2-c1ccccc1C#N. The highest BCUT2D eigenvalue weighted by Gasteiger charge is 2.20. The Bertz CT molecular complexity index is 853. The van der Waals surface area contributed by atoms with Crippen LogP contribution in [0.15, 0.2) is 24.3 Å². The molecule has 0 radical (unpaired) electrons. The molecule has 3 aromatic rings. The highest BCUT2D eigenvalue weighted by Crippen LogP contribution is 2.26. The molecule has 0 aliphatic heterocycles. The normalized spacial score (nSPS) is 11.0. The summed E-state index contributed by atoms with van der Waals surface area (Å²) in [7, 11) is 1.88. The van der Waals surface area contributed by atoms with E-state index in [4.69, 9.17) is 11.6 Å². The number of para-hydroxylation sites is 1. The van der Waals surface area contributed by atoms with Crippen molar-refractivity contribution in [2.24, 2.45) is 7.05 Å². The number of halogens is 1. The van der Waals surface area contributed by atoms with Crippen molar-refractivity contribution in [2.45, 2.75) is 19.2 Å². The van der Waals surface area contributed by atoms with Crippen LogP contribution in [-0.4, -0.2) is 19.3 Å². The van der Waals surface area contributed by atoms with Gasteiger partial charge in [-0.15, -0.1) is 11.6 Å². The first-order valence-electron chi connectivity index (χ1n) is 6.69. The van der Waals surface area contributed by atoms with E-state index >= 15 is 0 Å². The Morgan fingerprint density at radius 2 is 2.10 bits per heavy atom. The van der Waals surface area contributed by atoms with E-state index in [1.807, 2.05) is 36.7 Å². The molecule has 0 atom stereocenters. The van der Waals surface area contributed by atoms with Crippen LogP contribution in [0.25, 0.3) is 16.9 Å². The molecule has 2 aromatic heterocycles. The fourth-order valence-electron chi connectivity index (χ4n) is 2.57. The number of nitriles is 1. The number of rotatable bonds is 3. The zero-order chi connectivity index (χ0) is 15.0. The van der Waals surface area contributed by atoms with Crippen LogP contribution in [0.2, 0.25) is 0 Å². The summed E-state index contributed by atoms with van der Waals surface area (Å²) in [5.74, 6) is 0.995. The Balaban J connectivity index is 2.41. The number of aromatic nitrogens is 4. The third-order valence-electron chi connectivity index (χ3n) is 3.49. The molecule has 6 heteroatoms. The van der Waals surface area contributed by atoms with Crippen molar-refractivity contribution in [3.05, 3.63) is 41.3 Å². The fourth-order valence-corrected chi connectivity index (χ4v) is 2.75. The smallest absolute Gasteiger partial charge is 0.163 e. The molecular weight excluding hydrogens is 286 g/mol. The van der Waals surface area contributed by atoms with Gasteiger partial charge in [-0.2, -0.15) is 10.4 Å². The largest absolute Gasteiger partial charge is 0.279 e. The molecule has 3 rings (SSSR count). The summed E-state index contributed by atoms with van der Waals surface area (Å²) in [5.41, 5.74) is 4.02. The van der Waals surface area contributed by atoms with Crippen molar-refractivity contribution in [3.63, 3.8) is 0 Å². The lowest BCUT2D eigenvalue weighted by Crippen LogP contribution is -2.06. The summed E-state index contributed by atoms with van der Waals surface area (Å²) in [6.45, 7) is 2.05. The number of aryl methyl sites for hydroxylation is 2. The standard InChI is InChI=1S/C15H14ClN5/c1-3-11-14-15(20(2)19-11)21(13(8-16)18-14)12-7-5-4-6-10(12)9-17/h4-7H,3,8H2,1-2H3. The lowest BCUT2D eigenvalue weighted by Gasteiger charge is -2.09. The first-order valence-corrected chi connectivity index (χ1v) is 7.23. The number of hydrogen-bond donors (Lipinski definition) is 0. The molecule has 0 saturated carbocycles. The molecule has 5 nitrogen and oxygen atoms in total. The van der Waals surface area contributed by atoms with E-state index in [1.165, 1.54) is 0 Å². The number of alkyl halides is 1. The van der Waals surface area contributed by atoms with Crippen molar-refractivity contribution in [3.8, 4) is 11.8 Å². The van der Waals surface area contributed by atoms with Gasteiger partial charge < -0.3 is 0 Å². The van der Waals surface area contributed by atoms with Gasteiger partial charge in [0, 0.05) is 7.05 Å². The van der Waals surface area contributed by atoms with Gasteiger partial charge in [0.25, 0.3) is 0 Å². The average Bonchev–Trinajstić information content (AvgIpc) is 3.04. The molecule has 106 valence electrons. The van der Waals surface area contributed by atoms with Crippen LogP contribution >= 0.6 is 11.6 Å². The predicted octanol–water partition coefficient (Wildman–Crippen LogP) is 2.93. The van der Waals surface area contributed by atoms with E-state index in [9.17, 15) is 5.26 Å². The maximum Gasteiger partial charge on any atom is 0.163 e. The van der Waals surface area contributed by atoms with Crippen LogP contribution in [0, 0.1) is 11.3 Å². The molecule has 21 heavy (non-hydrogen) atoms. The summed E-state index contributed by atoms with van der Waals surface area (Å²) in [4.78, 5) is 4.61. The maximum atomic E-state index is 9.33. The van der Waals surface area contributed by atoms with Gasteiger partial charge in [-0.3, -0.25) is 4.57 Å². The molecule has 0 unspecified atom stereocenters. The number of nitrogens with zero attached hydrogens (tertiary/aromatic N) is 5. The summed E-state index contributed by atoms with van der Waals surface area (Å²) in [5, 5.41) is 13.8. The Morgan fingerprint density at radius 3 is 2.76 bits per heavy atom. The lowest BCUT2D eigenvalue weighted by molar-refractivity contribution is 0.744. The Hall–Kier alpha value is -2.32. The number of fused-ring (bicyclic) bond motifs is 1. The number of imidazole rings is 1. The van der Waals surface area contributed by atoms with Gasteiger partial charge in [-0.25, -0.2) is 9.67 Å². The van der Waals surface area contributed by atoms with Crippen molar-refractivity contribution in [1.82, 2.24) is 19.3 Å². The van der Waals surface area contributed by atoms with Gasteiger partial charge in [-0.05, 0) is 18.6 Å². The molecule has 0 spiro atoms. The van der Waals surface area contributed by atoms with Gasteiger partial charge in [0.1, 0.15) is 17.4 Å². The molecule has 0 N–H and O–H groups in total. The van der Waals surface area contributed by atoms with Crippen LogP contribution in [0.5, 0.6) is 0 Å². The van der Waals surface area contributed by atoms with E-state index in [0.717, 1.165) is 34.8 Å². The highest BCUT2D eigenvalue weighted by molar-refractivity contribution is 6.17. The maximum absolute atomic E-state index is 9.33. The minimum atomic E-state index is 0.275. The first kappa shape index (κ1) is 13.7. The molecule has 0 aliphatic carbocycles. The van der Waals surface area contributed by atoms with Gasteiger partial charge in [0.15, 0.2) is 5.65 Å². The quantitative estimate of drug-likeness (QED) is 0.699. The Morgan fingerprint density at radius 1 is 1.33 bits per heavy atom. The second-order valence-electron chi connectivity index (χ2n) is 4.72. The minimum absolute atomic E-state index is 0.275. The van der Waals surface area contributed by atoms with Crippen molar-refractivity contribution in [2.75, 3.05) is 0 Å². The van der Waals surface area contributed by atoms with Crippen LogP contribution < -0.4 is 0 Å². The van der Waals surface area contributed by atoms with E-state index < -0.39 is 0 Å². The third kappa shape index (κ3) is 1.99. The van der Waals surface area contributed by atoms with Crippen LogP contribution in [0.1, 0.15) is 24.0 Å². The summed E-state index contributed by atoms with van der Waals surface area (Å²) in [6, 6.07) is 9.65. The average molecular weight is 300 g/mol. The van der Waals surface area contributed by atoms with E-state index in [-0.39, 0.29) is 5.88 Å². The summed E-state index contributed by atoms with van der Waals surface area (Å²) < 4.78 is 3.72. The van der Waals surface area contributed by atoms with Gasteiger partial charge >= 0.3 is 0 Å². The molecule has 0 fully saturated rings. The molecule has 0 aliphatic rings. The van der Waals surface area contributed by atoms with Crippen molar-refractivity contribution >= 4 is 22.8 Å². The zero-order valence-corrected chi connectivity index (χ0v) is 12.6. The van der Waals surface area contributed by atoms with Crippen LogP contribution in [0.4, 0.5) is 0 Å². The topological polar surface area (TPSA) is 59.4 Å². The molecule has 0 saturated heterocycles. The highest BCUT2D eigenvalue weighted by atomic mass is 35.5. The second kappa shape index (κ2) is 5.23. The molecule has 0 amide bonds. The van der Waals surface area contributed by atoms with Crippen molar-refractivity contribution in [1.29, 1.82) is 5.26 Å². The van der Waals surface area contributed by atoms with Gasteiger partial charge in [-0.1, -0.05) is 19.1 Å². The van der Waals surface area contributed by atoms with Gasteiger partial charge in [0.2, 0.25) is 0 Å². The Labute approximate surface area is 127 Å². The molecular formula is C15H14ClN5. The van der Waals surface area contributed by atoms with E-state index in [2.05, 4.69) is 16.2 Å². The van der Waals surface area contributed by atoms with Gasteiger partial charge in [0.05, 0.1) is 22.8 Å². The number of benzene rings is 1. The molecule has 2 heterocycles. The van der Waals surface area contributed by atoms with Crippen molar-refractivity contribution < 1.29 is 0 Å². The summed E-state index contributed by atoms with van der Waals surface area (Å²) in [6.07, 6.45) is 0.802. The third-order valence-corrected chi connectivity index (χ3v) is 3.73.